The quantitative estimate of drug-likeness (QED) is 0.585. The van der Waals surface area contributed by atoms with E-state index in [9.17, 15) is 4.79 Å². The molecule has 3 aromatic carbocycles. The second kappa shape index (κ2) is 10.3. The highest BCUT2D eigenvalue weighted by Crippen LogP contribution is 2.21. The van der Waals surface area contributed by atoms with Crippen molar-refractivity contribution < 1.29 is 9.53 Å². The molecule has 1 aliphatic rings. The van der Waals surface area contributed by atoms with Crippen molar-refractivity contribution in [1.29, 1.82) is 0 Å². The minimum atomic E-state index is -0.0638. The second-order valence-electron chi connectivity index (χ2n) is 7.50. The molecule has 6 heteroatoms. The molecule has 0 saturated carbocycles. The Morgan fingerprint density at radius 2 is 1.48 bits per heavy atom. The van der Waals surface area contributed by atoms with Crippen molar-refractivity contribution in [2.45, 2.75) is 0 Å². The maximum atomic E-state index is 12.4. The van der Waals surface area contributed by atoms with Gasteiger partial charge in [-0.25, -0.2) is 0 Å². The number of benzene rings is 3. The molecule has 0 bridgehead atoms. The molecule has 4 rings (SSSR count). The Morgan fingerprint density at radius 3 is 2.16 bits per heavy atom. The van der Waals surface area contributed by atoms with Crippen LogP contribution in [-0.2, 0) is 0 Å². The van der Waals surface area contributed by atoms with Gasteiger partial charge < -0.3 is 15.0 Å². The summed E-state index contributed by atoms with van der Waals surface area (Å²) in [4.78, 5) is 17.2. The monoisotopic (exact) mass is 435 g/mol. The Bertz CT molecular complexity index is 970. The lowest BCUT2D eigenvalue weighted by molar-refractivity contribution is 0.0948. The number of carbonyl (C=O) groups is 1. The molecule has 0 radical (unpaired) electrons. The molecule has 0 aromatic heterocycles. The van der Waals surface area contributed by atoms with Crippen LogP contribution >= 0.6 is 11.6 Å². The van der Waals surface area contributed by atoms with Crippen LogP contribution in [0.15, 0.2) is 78.9 Å². The molecule has 0 spiro atoms. The molecular formula is C25H26ClN3O2. The predicted molar refractivity (Wildman–Crippen MR) is 125 cm³/mol. The SMILES string of the molecule is O=C(NCCN1CCN(c2ccc(Cl)cc2)CC1)c1ccc(Oc2ccccc2)cc1. The van der Waals surface area contributed by atoms with Gasteiger partial charge in [-0.1, -0.05) is 29.8 Å². The third-order valence-corrected chi connectivity index (χ3v) is 5.63. The van der Waals surface area contributed by atoms with E-state index < -0.39 is 0 Å². The van der Waals surface area contributed by atoms with Crippen LogP contribution in [0.1, 0.15) is 10.4 Å². The number of carbonyl (C=O) groups excluding carboxylic acids is 1. The van der Waals surface area contributed by atoms with E-state index >= 15 is 0 Å². The molecule has 0 unspecified atom stereocenters. The summed E-state index contributed by atoms with van der Waals surface area (Å²) in [5, 5.41) is 3.78. The normalized spacial score (nSPS) is 14.3. The average Bonchev–Trinajstić information content (AvgIpc) is 2.81. The number of hydrogen-bond acceptors (Lipinski definition) is 4. The number of anilines is 1. The zero-order valence-electron chi connectivity index (χ0n) is 17.3. The number of para-hydroxylation sites is 1. The largest absolute Gasteiger partial charge is 0.457 e. The molecule has 1 amide bonds. The van der Waals surface area contributed by atoms with Crippen LogP contribution in [0.25, 0.3) is 0 Å². The van der Waals surface area contributed by atoms with E-state index in [-0.39, 0.29) is 5.91 Å². The minimum Gasteiger partial charge on any atom is -0.457 e. The maximum absolute atomic E-state index is 12.4. The van der Waals surface area contributed by atoms with Gasteiger partial charge in [-0.3, -0.25) is 9.69 Å². The topological polar surface area (TPSA) is 44.8 Å². The van der Waals surface area contributed by atoms with Gasteiger partial charge in [0.15, 0.2) is 0 Å². The van der Waals surface area contributed by atoms with Crippen molar-refractivity contribution in [3.8, 4) is 11.5 Å². The van der Waals surface area contributed by atoms with E-state index in [1.165, 1.54) is 5.69 Å². The molecule has 31 heavy (non-hydrogen) atoms. The second-order valence-corrected chi connectivity index (χ2v) is 7.94. The third kappa shape index (κ3) is 6.00. The average molecular weight is 436 g/mol. The number of halogens is 1. The van der Waals surface area contributed by atoms with Gasteiger partial charge >= 0.3 is 0 Å². The molecule has 160 valence electrons. The highest BCUT2D eigenvalue weighted by Gasteiger charge is 2.17. The van der Waals surface area contributed by atoms with Crippen molar-refractivity contribution in [3.05, 3.63) is 89.4 Å². The van der Waals surface area contributed by atoms with Gasteiger partial charge in [0.05, 0.1) is 0 Å². The fourth-order valence-electron chi connectivity index (χ4n) is 3.61. The Hall–Kier alpha value is -3.02. The number of ether oxygens (including phenoxy) is 1. The lowest BCUT2D eigenvalue weighted by atomic mass is 10.2. The summed E-state index contributed by atoms with van der Waals surface area (Å²) in [7, 11) is 0. The summed E-state index contributed by atoms with van der Waals surface area (Å²) in [6.07, 6.45) is 0. The van der Waals surface area contributed by atoms with Gasteiger partial charge in [0.2, 0.25) is 0 Å². The molecule has 1 heterocycles. The first-order chi connectivity index (χ1) is 15.2. The first kappa shape index (κ1) is 21.2. The van der Waals surface area contributed by atoms with Gasteiger partial charge in [-0.05, 0) is 60.7 Å². The number of amides is 1. The van der Waals surface area contributed by atoms with Crippen molar-refractivity contribution in [2.24, 2.45) is 0 Å². The fraction of sp³-hybridized carbons (Fsp3) is 0.240. The number of piperazine rings is 1. The smallest absolute Gasteiger partial charge is 0.251 e. The van der Waals surface area contributed by atoms with E-state index in [1.807, 2.05) is 54.6 Å². The van der Waals surface area contributed by atoms with Gasteiger partial charge in [-0.15, -0.1) is 0 Å². The van der Waals surface area contributed by atoms with Crippen molar-refractivity contribution in [2.75, 3.05) is 44.2 Å². The number of nitrogens with one attached hydrogen (secondary N) is 1. The minimum absolute atomic E-state index is 0.0638. The summed E-state index contributed by atoms with van der Waals surface area (Å²) < 4.78 is 5.77. The fourth-order valence-corrected chi connectivity index (χ4v) is 3.74. The predicted octanol–water partition coefficient (Wildman–Crippen LogP) is 4.68. The summed E-state index contributed by atoms with van der Waals surface area (Å²) >= 11 is 5.97. The molecule has 0 aliphatic carbocycles. The van der Waals surface area contributed by atoms with Crippen LogP contribution in [0, 0.1) is 0 Å². The third-order valence-electron chi connectivity index (χ3n) is 5.37. The summed E-state index contributed by atoms with van der Waals surface area (Å²) in [5.74, 6) is 1.42. The zero-order chi connectivity index (χ0) is 21.5. The first-order valence-corrected chi connectivity index (χ1v) is 10.9. The Morgan fingerprint density at radius 1 is 0.839 bits per heavy atom. The van der Waals surface area contributed by atoms with E-state index in [0.717, 1.165) is 43.5 Å². The van der Waals surface area contributed by atoms with E-state index in [2.05, 4.69) is 27.2 Å². The Balaban J connectivity index is 1.18. The van der Waals surface area contributed by atoms with Crippen LogP contribution in [-0.4, -0.2) is 50.1 Å². The lowest BCUT2D eigenvalue weighted by Crippen LogP contribution is -2.48. The highest BCUT2D eigenvalue weighted by molar-refractivity contribution is 6.30. The number of hydrogen-bond donors (Lipinski definition) is 1. The molecule has 5 nitrogen and oxygen atoms in total. The van der Waals surface area contributed by atoms with E-state index in [1.54, 1.807) is 12.1 Å². The molecule has 1 fully saturated rings. The van der Waals surface area contributed by atoms with Crippen molar-refractivity contribution in [1.82, 2.24) is 10.2 Å². The highest BCUT2D eigenvalue weighted by atomic mass is 35.5. The molecule has 3 aromatic rings. The molecular weight excluding hydrogens is 410 g/mol. The molecule has 1 aliphatic heterocycles. The summed E-state index contributed by atoms with van der Waals surface area (Å²) in [5.41, 5.74) is 1.84. The van der Waals surface area contributed by atoms with Crippen LogP contribution in [0.3, 0.4) is 0 Å². The van der Waals surface area contributed by atoms with E-state index in [4.69, 9.17) is 16.3 Å². The zero-order valence-corrected chi connectivity index (χ0v) is 18.1. The Kier molecular flexibility index (Phi) is 7.07. The van der Waals surface area contributed by atoms with Crippen LogP contribution in [0.2, 0.25) is 5.02 Å². The number of nitrogens with zero attached hydrogens (tertiary/aromatic N) is 2. The summed E-state index contributed by atoms with van der Waals surface area (Å²) in [6, 6.07) is 24.8. The summed E-state index contributed by atoms with van der Waals surface area (Å²) in [6.45, 7) is 5.36. The van der Waals surface area contributed by atoms with Crippen LogP contribution in [0.5, 0.6) is 11.5 Å². The van der Waals surface area contributed by atoms with E-state index in [0.29, 0.717) is 17.9 Å². The van der Waals surface area contributed by atoms with Gasteiger partial charge in [0, 0.05) is 55.5 Å². The van der Waals surface area contributed by atoms with Crippen molar-refractivity contribution in [3.63, 3.8) is 0 Å². The van der Waals surface area contributed by atoms with Gasteiger partial charge in [0.1, 0.15) is 11.5 Å². The first-order valence-electron chi connectivity index (χ1n) is 10.5. The number of rotatable bonds is 7. The molecule has 1 N–H and O–H groups in total. The van der Waals surface area contributed by atoms with Crippen molar-refractivity contribution >= 4 is 23.2 Å². The molecule has 1 saturated heterocycles. The van der Waals surface area contributed by atoms with Gasteiger partial charge in [-0.2, -0.15) is 0 Å². The Labute approximate surface area is 188 Å². The standard InChI is InChI=1S/C25H26ClN3O2/c26-21-8-10-22(11-9-21)29-18-16-28(17-19-29)15-14-27-25(30)20-6-12-24(13-7-20)31-23-4-2-1-3-5-23/h1-13H,14-19H2,(H,27,30). The lowest BCUT2D eigenvalue weighted by Gasteiger charge is -2.36. The van der Waals surface area contributed by atoms with Crippen LogP contribution in [0.4, 0.5) is 5.69 Å². The maximum Gasteiger partial charge on any atom is 0.251 e. The van der Waals surface area contributed by atoms with Gasteiger partial charge in [0.25, 0.3) is 5.91 Å². The molecule has 0 atom stereocenters. The van der Waals surface area contributed by atoms with Crippen LogP contribution < -0.4 is 15.0 Å².